The maximum absolute atomic E-state index is 5.73. The van der Waals surface area contributed by atoms with Gasteiger partial charge < -0.3 is 10.5 Å². The van der Waals surface area contributed by atoms with Gasteiger partial charge in [-0.2, -0.15) is 0 Å². The van der Waals surface area contributed by atoms with Crippen molar-refractivity contribution in [3.63, 3.8) is 0 Å². The number of hydrogen-bond donors (Lipinski definition) is 1. The summed E-state index contributed by atoms with van der Waals surface area (Å²) in [6.45, 7) is 4.71. The topological polar surface area (TPSA) is 48.1 Å². The lowest BCUT2D eigenvalue weighted by Gasteiger charge is -2.07. The fourth-order valence-electron chi connectivity index (χ4n) is 0.994. The zero-order valence-corrected chi connectivity index (χ0v) is 8.16. The number of nitrogens with two attached hydrogens (primary N) is 1. The number of ether oxygens (including phenoxy) is 1. The summed E-state index contributed by atoms with van der Waals surface area (Å²) in [5.41, 5.74) is 6.78. The van der Waals surface area contributed by atoms with Crippen molar-refractivity contribution in [3.05, 3.63) is 23.9 Å². The first-order chi connectivity index (χ1) is 6.24. The average Bonchev–Trinajstić information content (AvgIpc) is 2.15. The monoisotopic (exact) mass is 180 g/mol. The van der Waals surface area contributed by atoms with Gasteiger partial charge in [0, 0.05) is 18.3 Å². The van der Waals surface area contributed by atoms with Gasteiger partial charge >= 0.3 is 0 Å². The second-order valence-corrected chi connectivity index (χ2v) is 3.06. The Labute approximate surface area is 78.9 Å². The zero-order valence-electron chi connectivity index (χ0n) is 8.16. The first kappa shape index (κ1) is 9.99. The summed E-state index contributed by atoms with van der Waals surface area (Å²) in [5, 5.41) is 0. The van der Waals surface area contributed by atoms with E-state index in [1.54, 1.807) is 6.20 Å². The van der Waals surface area contributed by atoms with E-state index in [-0.39, 0.29) is 6.04 Å². The standard InChI is InChI=1S/C10H16N2O/c1-3-6-13-10-7-9(8(2)11)4-5-12-10/h4-5,7-8H,3,6,11H2,1-2H3/t8-/m1/s1. The Morgan fingerprint density at radius 1 is 1.62 bits per heavy atom. The van der Waals surface area contributed by atoms with Gasteiger partial charge in [0.1, 0.15) is 0 Å². The van der Waals surface area contributed by atoms with Gasteiger partial charge in [-0.25, -0.2) is 4.98 Å². The van der Waals surface area contributed by atoms with Gasteiger partial charge in [0.25, 0.3) is 0 Å². The molecule has 0 amide bonds. The molecule has 0 saturated heterocycles. The van der Waals surface area contributed by atoms with Crippen LogP contribution in [-0.2, 0) is 0 Å². The highest BCUT2D eigenvalue weighted by molar-refractivity contribution is 5.22. The Morgan fingerprint density at radius 2 is 2.38 bits per heavy atom. The van der Waals surface area contributed by atoms with Crippen LogP contribution >= 0.6 is 0 Å². The lowest BCUT2D eigenvalue weighted by molar-refractivity contribution is 0.305. The molecule has 1 rings (SSSR count). The molecule has 0 aliphatic carbocycles. The molecule has 1 aromatic heterocycles. The lowest BCUT2D eigenvalue weighted by Crippen LogP contribution is -2.06. The molecule has 2 N–H and O–H groups in total. The lowest BCUT2D eigenvalue weighted by atomic mass is 10.1. The second-order valence-electron chi connectivity index (χ2n) is 3.06. The van der Waals surface area contributed by atoms with Crippen LogP contribution in [0.5, 0.6) is 5.88 Å². The summed E-state index contributed by atoms with van der Waals surface area (Å²) in [6, 6.07) is 3.83. The van der Waals surface area contributed by atoms with Gasteiger partial charge in [-0.15, -0.1) is 0 Å². The summed E-state index contributed by atoms with van der Waals surface area (Å²) in [7, 11) is 0. The molecule has 0 bridgehead atoms. The minimum atomic E-state index is 0.0342. The normalized spacial score (nSPS) is 12.5. The fourth-order valence-corrected chi connectivity index (χ4v) is 0.994. The molecule has 1 heterocycles. The highest BCUT2D eigenvalue weighted by Crippen LogP contribution is 2.14. The van der Waals surface area contributed by atoms with Crippen molar-refractivity contribution in [3.8, 4) is 5.88 Å². The van der Waals surface area contributed by atoms with E-state index in [9.17, 15) is 0 Å². The highest BCUT2D eigenvalue weighted by Gasteiger charge is 2.01. The van der Waals surface area contributed by atoms with Crippen LogP contribution in [0.2, 0.25) is 0 Å². The predicted octanol–water partition coefficient (Wildman–Crippen LogP) is 1.89. The molecule has 1 aromatic rings. The Morgan fingerprint density at radius 3 is 3.00 bits per heavy atom. The Bertz CT molecular complexity index is 261. The minimum Gasteiger partial charge on any atom is -0.478 e. The maximum atomic E-state index is 5.73. The van der Waals surface area contributed by atoms with Gasteiger partial charge in [0.05, 0.1) is 6.61 Å². The van der Waals surface area contributed by atoms with E-state index in [1.807, 2.05) is 19.1 Å². The molecule has 0 saturated carbocycles. The predicted molar refractivity (Wildman–Crippen MR) is 52.6 cm³/mol. The molecule has 0 aliphatic heterocycles. The van der Waals surface area contributed by atoms with E-state index in [4.69, 9.17) is 10.5 Å². The van der Waals surface area contributed by atoms with Gasteiger partial charge in [-0.3, -0.25) is 0 Å². The van der Waals surface area contributed by atoms with E-state index in [0.29, 0.717) is 12.5 Å². The number of aromatic nitrogens is 1. The first-order valence-electron chi connectivity index (χ1n) is 4.58. The van der Waals surface area contributed by atoms with Gasteiger partial charge in [-0.05, 0) is 25.0 Å². The van der Waals surface area contributed by atoms with Crippen molar-refractivity contribution in [1.29, 1.82) is 0 Å². The quantitative estimate of drug-likeness (QED) is 0.769. The van der Waals surface area contributed by atoms with E-state index >= 15 is 0 Å². The van der Waals surface area contributed by atoms with E-state index in [0.717, 1.165) is 12.0 Å². The van der Waals surface area contributed by atoms with E-state index in [1.165, 1.54) is 0 Å². The molecule has 13 heavy (non-hydrogen) atoms. The minimum absolute atomic E-state index is 0.0342. The number of pyridine rings is 1. The Balaban J connectivity index is 2.68. The van der Waals surface area contributed by atoms with Gasteiger partial charge in [-0.1, -0.05) is 6.92 Å². The van der Waals surface area contributed by atoms with Crippen LogP contribution in [0.3, 0.4) is 0 Å². The molecule has 72 valence electrons. The number of hydrogen-bond acceptors (Lipinski definition) is 3. The van der Waals surface area contributed by atoms with E-state index < -0.39 is 0 Å². The van der Waals surface area contributed by atoms with Crippen LogP contribution < -0.4 is 10.5 Å². The summed E-state index contributed by atoms with van der Waals surface area (Å²) in [6.07, 6.45) is 2.72. The first-order valence-corrected chi connectivity index (χ1v) is 4.58. The molecular weight excluding hydrogens is 164 g/mol. The number of nitrogens with zero attached hydrogens (tertiary/aromatic N) is 1. The third kappa shape index (κ3) is 3.03. The molecule has 1 atom stereocenters. The fraction of sp³-hybridized carbons (Fsp3) is 0.500. The van der Waals surface area contributed by atoms with Crippen molar-refractivity contribution in [2.45, 2.75) is 26.3 Å². The summed E-state index contributed by atoms with van der Waals surface area (Å²) in [4.78, 5) is 4.08. The van der Waals surface area contributed by atoms with Crippen LogP contribution in [-0.4, -0.2) is 11.6 Å². The number of rotatable bonds is 4. The van der Waals surface area contributed by atoms with Crippen molar-refractivity contribution >= 4 is 0 Å². The molecule has 0 unspecified atom stereocenters. The maximum Gasteiger partial charge on any atom is 0.213 e. The molecular formula is C10H16N2O. The average molecular weight is 180 g/mol. The third-order valence-corrected chi connectivity index (χ3v) is 1.74. The smallest absolute Gasteiger partial charge is 0.213 e. The highest BCUT2D eigenvalue weighted by atomic mass is 16.5. The van der Waals surface area contributed by atoms with Crippen LogP contribution in [0.15, 0.2) is 18.3 Å². The zero-order chi connectivity index (χ0) is 9.68. The molecule has 3 nitrogen and oxygen atoms in total. The summed E-state index contributed by atoms with van der Waals surface area (Å²) < 4.78 is 5.38. The van der Waals surface area contributed by atoms with Crippen LogP contribution in [0, 0.1) is 0 Å². The van der Waals surface area contributed by atoms with Crippen LogP contribution in [0.1, 0.15) is 31.9 Å². The van der Waals surface area contributed by atoms with Gasteiger partial charge in [0.2, 0.25) is 5.88 Å². The Hall–Kier alpha value is -1.09. The molecule has 3 heteroatoms. The molecule has 0 spiro atoms. The SMILES string of the molecule is CCCOc1cc([C@@H](C)N)ccn1. The van der Waals surface area contributed by atoms with Crippen LogP contribution in [0.25, 0.3) is 0 Å². The van der Waals surface area contributed by atoms with Gasteiger partial charge in [0.15, 0.2) is 0 Å². The molecule has 0 fully saturated rings. The second kappa shape index (κ2) is 4.82. The third-order valence-electron chi connectivity index (χ3n) is 1.74. The van der Waals surface area contributed by atoms with Crippen molar-refractivity contribution in [1.82, 2.24) is 4.98 Å². The van der Waals surface area contributed by atoms with E-state index in [2.05, 4.69) is 11.9 Å². The van der Waals surface area contributed by atoms with Crippen LogP contribution in [0.4, 0.5) is 0 Å². The molecule has 0 radical (unpaired) electrons. The van der Waals surface area contributed by atoms with Crippen molar-refractivity contribution in [2.24, 2.45) is 5.73 Å². The summed E-state index contributed by atoms with van der Waals surface area (Å²) in [5.74, 6) is 0.664. The van der Waals surface area contributed by atoms with Crippen molar-refractivity contribution < 1.29 is 4.74 Å². The summed E-state index contributed by atoms with van der Waals surface area (Å²) >= 11 is 0. The molecule has 0 aliphatic rings. The largest absolute Gasteiger partial charge is 0.478 e. The van der Waals surface area contributed by atoms with Crippen molar-refractivity contribution in [2.75, 3.05) is 6.61 Å². The Kier molecular flexibility index (Phi) is 3.71. The molecule has 0 aromatic carbocycles.